The normalized spacial score (nSPS) is 11.2. The van der Waals surface area contributed by atoms with Gasteiger partial charge in [-0.2, -0.15) is 14.9 Å². The Hall–Kier alpha value is -3.53. The summed E-state index contributed by atoms with van der Waals surface area (Å²) in [5.41, 5.74) is 1.06. The number of ether oxygens (including phenoxy) is 2. The number of aromatic nitrogens is 3. The first-order chi connectivity index (χ1) is 13.9. The molecule has 1 N–H and O–H groups in total. The molecule has 1 heterocycles. The Labute approximate surface area is 171 Å². The number of H-pyrrole nitrogens is 1. The average molecular weight is 413 g/mol. The monoisotopic (exact) mass is 413 g/mol. The van der Waals surface area contributed by atoms with Crippen LogP contribution in [0.3, 0.4) is 0 Å². The molecule has 0 spiro atoms. The highest BCUT2D eigenvalue weighted by atomic mass is 32.1. The highest BCUT2D eigenvalue weighted by Crippen LogP contribution is 2.38. The van der Waals surface area contributed by atoms with E-state index in [1.807, 2.05) is 30.3 Å². The van der Waals surface area contributed by atoms with Gasteiger partial charge in [0.15, 0.2) is 11.6 Å². The van der Waals surface area contributed by atoms with Crippen LogP contribution in [0.15, 0.2) is 47.6 Å². The molecule has 3 aromatic rings. The zero-order valence-corrected chi connectivity index (χ0v) is 16.8. The van der Waals surface area contributed by atoms with E-state index >= 15 is 0 Å². The third-order valence-corrected chi connectivity index (χ3v) is 4.10. The van der Waals surface area contributed by atoms with E-state index in [9.17, 15) is 10.1 Å². The maximum atomic E-state index is 11.5. The molecule has 9 nitrogen and oxygen atoms in total. The number of nitrogens with zero attached hydrogens (tertiary/aromatic N) is 4. The highest BCUT2D eigenvalue weighted by Gasteiger charge is 2.23. The van der Waals surface area contributed by atoms with E-state index in [1.54, 1.807) is 19.9 Å². The number of nitro benzene ring substituents is 1. The van der Waals surface area contributed by atoms with Gasteiger partial charge in [-0.25, -0.2) is 5.10 Å². The number of benzene rings is 2. The van der Waals surface area contributed by atoms with Crippen molar-refractivity contribution in [2.24, 2.45) is 5.10 Å². The standard InChI is InChI=1S/C19H19N5O4S/c1-12(2)28-17-15(24(25)26)9-13(10-16(17)27-3)11-20-23-18(21-22-19(23)29)14-7-5-4-6-8-14/h4-12H,1-3H3,(H,22,29)/b20-11-. The first-order valence-corrected chi connectivity index (χ1v) is 9.11. The maximum Gasteiger partial charge on any atom is 0.315 e. The molecule has 1 aromatic heterocycles. The summed E-state index contributed by atoms with van der Waals surface area (Å²) in [5, 5.41) is 22.8. The molecular weight excluding hydrogens is 394 g/mol. The van der Waals surface area contributed by atoms with Gasteiger partial charge in [-0.1, -0.05) is 30.3 Å². The average Bonchev–Trinajstić information content (AvgIpc) is 3.07. The zero-order valence-electron chi connectivity index (χ0n) is 16.0. The molecule has 0 amide bonds. The third-order valence-electron chi connectivity index (χ3n) is 3.83. The minimum absolute atomic E-state index is 0.0783. The number of aromatic amines is 1. The Bertz CT molecular complexity index is 1110. The summed E-state index contributed by atoms with van der Waals surface area (Å²) in [7, 11) is 1.42. The molecule has 0 bridgehead atoms. The summed E-state index contributed by atoms with van der Waals surface area (Å²) in [5.74, 6) is 0.844. The molecule has 29 heavy (non-hydrogen) atoms. The molecule has 0 saturated carbocycles. The lowest BCUT2D eigenvalue weighted by atomic mass is 10.2. The number of nitrogens with one attached hydrogen (secondary N) is 1. The van der Waals surface area contributed by atoms with E-state index in [-0.39, 0.29) is 23.3 Å². The van der Waals surface area contributed by atoms with Crippen LogP contribution in [0.5, 0.6) is 11.5 Å². The molecular formula is C19H19N5O4S. The Balaban J connectivity index is 2.04. The third kappa shape index (κ3) is 4.49. The predicted octanol–water partition coefficient (Wildman–Crippen LogP) is 4.19. The van der Waals surface area contributed by atoms with Crippen LogP contribution in [0.4, 0.5) is 5.69 Å². The van der Waals surface area contributed by atoms with Crippen LogP contribution >= 0.6 is 12.2 Å². The first kappa shape index (κ1) is 20.2. The summed E-state index contributed by atoms with van der Waals surface area (Å²) in [6.45, 7) is 3.56. The second-order valence-corrected chi connectivity index (χ2v) is 6.66. The lowest BCUT2D eigenvalue weighted by molar-refractivity contribution is -0.386. The fourth-order valence-corrected chi connectivity index (χ4v) is 2.80. The van der Waals surface area contributed by atoms with Crippen LogP contribution < -0.4 is 9.47 Å². The molecule has 2 aromatic carbocycles. The molecule has 0 aliphatic rings. The minimum Gasteiger partial charge on any atom is -0.493 e. The van der Waals surface area contributed by atoms with Crippen molar-refractivity contribution in [2.75, 3.05) is 7.11 Å². The Kier molecular flexibility index (Phi) is 6.03. The van der Waals surface area contributed by atoms with E-state index in [0.29, 0.717) is 16.2 Å². The smallest absolute Gasteiger partial charge is 0.315 e. The molecule has 0 unspecified atom stereocenters. The van der Waals surface area contributed by atoms with Crippen molar-refractivity contribution < 1.29 is 14.4 Å². The Morgan fingerprint density at radius 1 is 1.31 bits per heavy atom. The molecule has 0 radical (unpaired) electrons. The summed E-state index contributed by atoms with van der Waals surface area (Å²) < 4.78 is 12.6. The van der Waals surface area contributed by atoms with Crippen molar-refractivity contribution in [3.05, 3.63) is 62.9 Å². The van der Waals surface area contributed by atoms with Gasteiger partial charge in [-0.15, -0.1) is 0 Å². The van der Waals surface area contributed by atoms with Gasteiger partial charge in [0.1, 0.15) is 0 Å². The topological polar surface area (TPSA) is 108 Å². The van der Waals surface area contributed by atoms with Crippen molar-refractivity contribution in [3.63, 3.8) is 0 Å². The maximum absolute atomic E-state index is 11.5. The van der Waals surface area contributed by atoms with Crippen LogP contribution in [0.2, 0.25) is 0 Å². The predicted molar refractivity (Wildman–Crippen MR) is 111 cm³/mol. The Morgan fingerprint density at radius 3 is 2.66 bits per heavy atom. The molecule has 0 aliphatic heterocycles. The second kappa shape index (κ2) is 8.65. The van der Waals surface area contributed by atoms with Crippen LogP contribution in [0, 0.1) is 14.9 Å². The minimum atomic E-state index is -0.517. The van der Waals surface area contributed by atoms with Crippen LogP contribution in [0.25, 0.3) is 11.4 Å². The summed E-state index contributed by atoms with van der Waals surface area (Å²) in [4.78, 5) is 11.0. The fourth-order valence-electron chi connectivity index (χ4n) is 2.62. The van der Waals surface area contributed by atoms with Gasteiger partial charge in [0.25, 0.3) is 0 Å². The van der Waals surface area contributed by atoms with Crippen molar-refractivity contribution in [1.29, 1.82) is 0 Å². The van der Waals surface area contributed by atoms with Crippen molar-refractivity contribution >= 4 is 24.1 Å². The van der Waals surface area contributed by atoms with Gasteiger partial charge < -0.3 is 9.47 Å². The van der Waals surface area contributed by atoms with Gasteiger partial charge in [0.05, 0.1) is 24.4 Å². The van der Waals surface area contributed by atoms with Crippen LogP contribution in [-0.2, 0) is 0 Å². The molecule has 3 rings (SSSR count). The number of hydrogen-bond acceptors (Lipinski definition) is 7. The van der Waals surface area contributed by atoms with Crippen LogP contribution in [0.1, 0.15) is 19.4 Å². The van der Waals surface area contributed by atoms with E-state index in [1.165, 1.54) is 24.1 Å². The molecule has 10 heteroatoms. The number of hydrogen-bond donors (Lipinski definition) is 1. The molecule has 0 fully saturated rings. The molecule has 0 aliphatic carbocycles. The van der Waals surface area contributed by atoms with E-state index in [4.69, 9.17) is 21.7 Å². The van der Waals surface area contributed by atoms with Crippen molar-refractivity contribution in [1.82, 2.24) is 14.9 Å². The van der Waals surface area contributed by atoms with Crippen molar-refractivity contribution in [3.8, 4) is 22.9 Å². The van der Waals surface area contributed by atoms with Gasteiger partial charge in [-0.3, -0.25) is 10.1 Å². The SMILES string of the molecule is COc1cc(/C=N\n2c(-c3ccccc3)n[nH]c2=S)cc([N+](=O)[O-])c1OC(C)C. The summed E-state index contributed by atoms with van der Waals surface area (Å²) in [6.07, 6.45) is 1.20. The quantitative estimate of drug-likeness (QED) is 0.269. The van der Waals surface area contributed by atoms with Gasteiger partial charge in [0, 0.05) is 17.2 Å². The molecule has 0 saturated heterocycles. The van der Waals surface area contributed by atoms with Gasteiger partial charge >= 0.3 is 5.69 Å². The zero-order chi connectivity index (χ0) is 21.0. The number of rotatable bonds is 7. The summed E-state index contributed by atoms with van der Waals surface area (Å²) in [6, 6.07) is 12.4. The van der Waals surface area contributed by atoms with Gasteiger partial charge in [0.2, 0.25) is 10.5 Å². The van der Waals surface area contributed by atoms with Gasteiger partial charge in [-0.05, 0) is 32.1 Å². The lowest BCUT2D eigenvalue weighted by Crippen LogP contribution is -2.09. The van der Waals surface area contributed by atoms with E-state index < -0.39 is 4.92 Å². The second-order valence-electron chi connectivity index (χ2n) is 6.27. The fraction of sp³-hybridized carbons (Fsp3) is 0.211. The Morgan fingerprint density at radius 2 is 2.03 bits per heavy atom. The highest BCUT2D eigenvalue weighted by molar-refractivity contribution is 7.71. The molecule has 150 valence electrons. The number of methoxy groups -OCH3 is 1. The summed E-state index contributed by atoms with van der Waals surface area (Å²) >= 11 is 5.25. The van der Waals surface area contributed by atoms with E-state index in [2.05, 4.69) is 15.3 Å². The number of nitro groups is 1. The van der Waals surface area contributed by atoms with Crippen LogP contribution in [-0.4, -0.2) is 39.2 Å². The first-order valence-electron chi connectivity index (χ1n) is 8.71. The molecule has 0 atom stereocenters. The lowest BCUT2D eigenvalue weighted by Gasteiger charge is -2.14. The van der Waals surface area contributed by atoms with E-state index in [0.717, 1.165) is 5.56 Å². The largest absolute Gasteiger partial charge is 0.493 e. The van der Waals surface area contributed by atoms with Crippen molar-refractivity contribution in [2.45, 2.75) is 20.0 Å².